The van der Waals surface area contributed by atoms with Crippen LogP contribution in [0.3, 0.4) is 0 Å². The summed E-state index contributed by atoms with van der Waals surface area (Å²) < 4.78 is 0. The summed E-state index contributed by atoms with van der Waals surface area (Å²) in [5.74, 6) is -2.31. The number of piperidine rings is 1. The number of amides is 4. The molecule has 8 heteroatoms. The molecule has 3 atom stereocenters. The van der Waals surface area contributed by atoms with E-state index >= 15 is 0 Å². The third kappa shape index (κ3) is 1.90. The predicted octanol–water partition coefficient (Wildman–Crippen LogP) is -0.509. The fraction of sp³-hybridized carbons (Fsp3) is 0.706. The van der Waals surface area contributed by atoms with Crippen molar-refractivity contribution in [3.05, 3.63) is 0 Å². The number of fused-ring (bicyclic) bond motifs is 1. The van der Waals surface area contributed by atoms with Gasteiger partial charge in [0.1, 0.15) is 11.3 Å². The Morgan fingerprint density at radius 2 is 1.56 bits per heavy atom. The molecule has 0 bridgehead atoms. The van der Waals surface area contributed by atoms with Crippen molar-refractivity contribution in [2.24, 2.45) is 22.2 Å². The average molecular weight is 346 g/mol. The maximum Gasteiger partial charge on any atom is 0.244 e. The van der Waals surface area contributed by atoms with Gasteiger partial charge < -0.3 is 4.90 Å². The summed E-state index contributed by atoms with van der Waals surface area (Å²) in [5, 5.41) is 0. The molecule has 3 unspecified atom stereocenters. The van der Waals surface area contributed by atoms with E-state index in [0.29, 0.717) is 5.84 Å². The van der Waals surface area contributed by atoms with E-state index in [2.05, 4.69) is 9.89 Å². The number of carbonyl (C=O) groups excluding carboxylic acids is 4. The minimum absolute atomic E-state index is 0.0362. The van der Waals surface area contributed by atoms with E-state index in [9.17, 15) is 19.2 Å². The van der Waals surface area contributed by atoms with Gasteiger partial charge in [0.2, 0.25) is 23.6 Å². The molecule has 8 nitrogen and oxygen atoms in total. The number of hydrogen-bond donors (Lipinski definition) is 0. The van der Waals surface area contributed by atoms with Crippen LogP contribution in [0.2, 0.25) is 0 Å². The van der Waals surface area contributed by atoms with Crippen molar-refractivity contribution < 1.29 is 19.2 Å². The Kier molecular flexibility index (Phi) is 3.49. The van der Waals surface area contributed by atoms with Crippen LogP contribution in [-0.2, 0) is 19.2 Å². The normalized spacial score (nSPS) is 35.8. The standard InChI is InChI=1S/C17H22N4O4/c1-19-12(22)8-10(13(19)23)17-11(14(24)20(2)16(17)25)9-18-15(17)21-6-4-3-5-7-21/h10-11H,3-9H2,1-2H3. The Hall–Kier alpha value is -2.25. The number of imide groups is 2. The number of likely N-dealkylation sites (tertiary alicyclic amines) is 3. The molecule has 4 rings (SSSR count). The molecule has 0 aromatic heterocycles. The number of hydrogen-bond acceptors (Lipinski definition) is 6. The summed E-state index contributed by atoms with van der Waals surface area (Å²) in [7, 11) is 2.90. The Bertz CT molecular complexity index is 711. The molecular formula is C17H22N4O4. The SMILES string of the molecule is CN1C(=O)CC(C23C(=O)N(C)C(=O)C2CN=C3N2CCCCC2)C1=O. The first-order valence-electron chi connectivity index (χ1n) is 8.83. The lowest BCUT2D eigenvalue weighted by molar-refractivity contribution is -0.144. The average Bonchev–Trinajstić information content (AvgIpc) is 3.20. The van der Waals surface area contributed by atoms with Crippen molar-refractivity contribution in [1.29, 1.82) is 0 Å². The molecule has 0 aromatic rings. The van der Waals surface area contributed by atoms with Crippen LogP contribution < -0.4 is 0 Å². The zero-order valence-electron chi connectivity index (χ0n) is 14.5. The second-order valence-corrected chi connectivity index (χ2v) is 7.38. The molecule has 25 heavy (non-hydrogen) atoms. The lowest BCUT2D eigenvalue weighted by Gasteiger charge is -2.39. The maximum absolute atomic E-state index is 13.2. The van der Waals surface area contributed by atoms with Crippen LogP contribution >= 0.6 is 0 Å². The van der Waals surface area contributed by atoms with Gasteiger partial charge in [-0.2, -0.15) is 0 Å². The zero-order chi connectivity index (χ0) is 17.9. The van der Waals surface area contributed by atoms with Gasteiger partial charge in [-0.05, 0) is 19.3 Å². The van der Waals surface area contributed by atoms with Gasteiger partial charge in [0.25, 0.3) is 0 Å². The van der Waals surface area contributed by atoms with Crippen LogP contribution in [0.25, 0.3) is 0 Å². The van der Waals surface area contributed by atoms with Crippen molar-refractivity contribution in [2.75, 3.05) is 33.7 Å². The fourth-order valence-electron chi connectivity index (χ4n) is 4.86. The molecule has 3 fully saturated rings. The maximum atomic E-state index is 13.2. The zero-order valence-corrected chi connectivity index (χ0v) is 14.5. The molecule has 4 heterocycles. The lowest BCUT2D eigenvalue weighted by atomic mass is 9.66. The van der Waals surface area contributed by atoms with E-state index < -0.39 is 17.3 Å². The molecular weight excluding hydrogens is 324 g/mol. The Labute approximate surface area is 145 Å². The van der Waals surface area contributed by atoms with Crippen LogP contribution in [0.4, 0.5) is 0 Å². The molecule has 0 N–H and O–H groups in total. The summed E-state index contributed by atoms with van der Waals surface area (Å²) >= 11 is 0. The van der Waals surface area contributed by atoms with Crippen LogP contribution in [0.15, 0.2) is 4.99 Å². The summed E-state index contributed by atoms with van der Waals surface area (Å²) in [5.41, 5.74) is -1.30. The highest BCUT2D eigenvalue weighted by Crippen LogP contribution is 2.52. The van der Waals surface area contributed by atoms with Crippen LogP contribution in [0.5, 0.6) is 0 Å². The minimum atomic E-state index is -1.30. The van der Waals surface area contributed by atoms with E-state index in [0.717, 1.165) is 42.2 Å². The number of carbonyl (C=O) groups is 4. The Morgan fingerprint density at radius 1 is 0.920 bits per heavy atom. The Morgan fingerprint density at radius 3 is 2.16 bits per heavy atom. The fourth-order valence-corrected chi connectivity index (χ4v) is 4.86. The second-order valence-electron chi connectivity index (χ2n) is 7.38. The molecule has 4 aliphatic rings. The van der Waals surface area contributed by atoms with Gasteiger partial charge in [-0.3, -0.25) is 34.0 Å². The van der Waals surface area contributed by atoms with E-state index in [1.54, 1.807) is 0 Å². The lowest BCUT2D eigenvalue weighted by Crippen LogP contribution is -2.55. The Balaban J connectivity index is 1.83. The van der Waals surface area contributed by atoms with Gasteiger partial charge in [0.15, 0.2) is 0 Å². The highest BCUT2D eigenvalue weighted by atomic mass is 16.2. The highest BCUT2D eigenvalue weighted by Gasteiger charge is 2.71. The van der Waals surface area contributed by atoms with Gasteiger partial charge in [0.05, 0.1) is 18.4 Å². The van der Waals surface area contributed by atoms with E-state index in [1.807, 2.05) is 0 Å². The van der Waals surface area contributed by atoms with E-state index in [-0.39, 0.29) is 36.6 Å². The minimum Gasteiger partial charge on any atom is -0.359 e. The molecule has 0 aliphatic carbocycles. The summed E-state index contributed by atoms with van der Waals surface area (Å²) in [6.45, 7) is 1.74. The summed E-state index contributed by atoms with van der Waals surface area (Å²) in [6, 6.07) is 0. The molecule has 4 amide bonds. The van der Waals surface area contributed by atoms with Crippen molar-refractivity contribution >= 4 is 29.5 Å². The van der Waals surface area contributed by atoms with Gasteiger partial charge in [-0.15, -0.1) is 0 Å². The topological polar surface area (TPSA) is 90.4 Å². The first-order valence-corrected chi connectivity index (χ1v) is 8.83. The third-order valence-electron chi connectivity index (χ3n) is 6.22. The van der Waals surface area contributed by atoms with Crippen molar-refractivity contribution in [3.8, 4) is 0 Å². The molecule has 4 aliphatic heterocycles. The molecule has 3 saturated heterocycles. The molecule has 0 radical (unpaired) electrons. The predicted molar refractivity (Wildman–Crippen MR) is 87.3 cm³/mol. The van der Waals surface area contributed by atoms with Gasteiger partial charge >= 0.3 is 0 Å². The second kappa shape index (κ2) is 5.37. The molecule has 134 valence electrons. The third-order valence-corrected chi connectivity index (χ3v) is 6.22. The molecule has 0 aromatic carbocycles. The van der Waals surface area contributed by atoms with Crippen molar-refractivity contribution in [1.82, 2.24) is 14.7 Å². The number of aliphatic imine (C=N–C) groups is 1. The highest BCUT2D eigenvalue weighted by molar-refractivity contribution is 6.24. The molecule has 0 saturated carbocycles. The number of nitrogens with zero attached hydrogens (tertiary/aromatic N) is 4. The van der Waals surface area contributed by atoms with Gasteiger partial charge in [-0.1, -0.05) is 0 Å². The van der Waals surface area contributed by atoms with Crippen molar-refractivity contribution in [3.63, 3.8) is 0 Å². The smallest absolute Gasteiger partial charge is 0.244 e. The van der Waals surface area contributed by atoms with Crippen LogP contribution in [0.1, 0.15) is 25.7 Å². The quantitative estimate of drug-likeness (QED) is 0.597. The number of amidine groups is 1. The van der Waals surface area contributed by atoms with E-state index in [4.69, 9.17) is 0 Å². The number of rotatable bonds is 1. The monoisotopic (exact) mass is 346 g/mol. The van der Waals surface area contributed by atoms with Crippen molar-refractivity contribution in [2.45, 2.75) is 25.7 Å². The van der Waals surface area contributed by atoms with Gasteiger partial charge in [0, 0.05) is 33.6 Å². The molecule has 0 spiro atoms. The first kappa shape index (κ1) is 16.2. The summed E-state index contributed by atoms with van der Waals surface area (Å²) in [4.78, 5) is 59.6. The van der Waals surface area contributed by atoms with Gasteiger partial charge in [-0.25, -0.2) is 0 Å². The van der Waals surface area contributed by atoms with Crippen LogP contribution in [0, 0.1) is 17.3 Å². The summed E-state index contributed by atoms with van der Waals surface area (Å²) in [6.07, 6.45) is 3.08. The van der Waals surface area contributed by atoms with E-state index in [1.165, 1.54) is 14.1 Å². The largest absolute Gasteiger partial charge is 0.359 e. The first-order chi connectivity index (χ1) is 11.9. The van der Waals surface area contributed by atoms with Crippen LogP contribution in [-0.4, -0.2) is 77.9 Å².